The van der Waals surface area contributed by atoms with E-state index in [-0.39, 0.29) is 6.04 Å². The Bertz CT molecular complexity index is 459. The Morgan fingerprint density at radius 1 is 1.25 bits per heavy atom. The zero-order valence-corrected chi connectivity index (χ0v) is 14.1. The Hall–Kier alpha value is -0.0600. The third-order valence-corrected chi connectivity index (χ3v) is 4.65. The number of aromatic nitrogens is 1. The molecule has 3 nitrogen and oxygen atoms in total. The second kappa shape index (κ2) is 7.28. The van der Waals surface area contributed by atoms with Crippen molar-refractivity contribution in [3.05, 3.63) is 27.0 Å². The fourth-order valence-electron chi connectivity index (χ4n) is 2.65. The standard InChI is InChI=1S/C14H20Cl3N3/c1-9(2)7-11(20-5-3-18-4-6-20)12-10(15)8-19-14(17)13(12)16/h8-9,11,18H,3-7H2,1-2H3/t11-/m0/s1. The van der Waals surface area contributed by atoms with E-state index in [1.54, 1.807) is 6.20 Å². The quantitative estimate of drug-likeness (QED) is 0.841. The van der Waals surface area contributed by atoms with Crippen molar-refractivity contribution in [2.75, 3.05) is 26.2 Å². The van der Waals surface area contributed by atoms with E-state index in [9.17, 15) is 0 Å². The minimum Gasteiger partial charge on any atom is -0.314 e. The smallest absolute Gasteiger partial charge is 0.148 e. The maximum atomic E-state index is 6.37. The van der Waals surface area contributed by atoms with Crippen molar-refractivity contribution in [3.63, 3.8) is 0 Å². The molecule has 1 aliphatic rings. The van der Waals surface area contributed by atoms with E-state index >= 15 is 0 Å². The van der Waals surface area contributed by atoms with Crippen molar-refractivity contribution in [3.8, 4) is 0 Å². The molecule has 6 heteroatoms. The highest BCUT2D eigenvalue weighted by molar-refractivity contribution is 6.43. The second-order valence-electron chi connectivity index (χ2n) is 5.56. The molecule has 1 aromatic heterocycles. The number of pyridine rings is 1. The summed E-state index contributed by atoms with van der Waals surface area (Å²) in [5, 5.41) is 4.79. The van der Waals surface area contributed by atoms with E-state index in [0.717, 1.165) is 38.2 Å². The van der Waals surface area contributed by atoms with Crippen LogP contribution in [-0.2, 0) is 0 Å². The molecule has 1 atom stereocenters. The van der Waals surface area contributed by atoms with Crippen molar-refractivity contribution in [2.24, 2.45) is 5.92 Å². The lowest BCUT2D eigenvalue weighted by Crippen LogP contribution is -2.45. The fraction of sp³-hybridized carbons (Fsp3) is 0.643. The van der Waals surface area contributed by atoms with Crippen LogP contribution in [0.15, 0.2) is 6.20 Å². The number of piperazine rings is 1. The first-order valence-electron chi connectivity index (χ1n) is 6.95. The van der Waals surface area contributed by atoms with Gasteiger partial charge in [0, 0.05) is 44.0 Å². The average molecular weight is 337 g/mol. The van der Waals surface area contributed by atoms with Gasteiger partial charge in [0.15, 0.2) is 0 Å². The second-order valence-corrected chi connectivity index (χ2v) is 6.70. The zero-order valence-electron chi connectivity index (χ0n) is 11.8. The van der Waals surface area contributed by atoms with E-state index in [1.807, 2.05) is 0 Å². The van der Waals surface area contributed by atoms with Gasteiger partial charge in [-0.25, -0.2) is 4.98 Å². The molecule has 0 saturated carbocycles. The number of halogens is 3. The highest BCUT2D eigenvalue weighted by atomic mass is 35.5. The first-order chi connectivity index (χ1) is 9.50. The van der Waals surface area contributed by atoms with Crippen molar-refractivity contribution in [1.82, 2.24) is 15.2 Å². The van der Waals surface area contributed by atoms with Crippen LogP contribution in [-0.4, -0.2) is 36.1 Å². The molecule has 0 aromatic carbocycles. The third kappa shape index (κ3) is 3.77. The van der Waals surface area contributed by atoms with Gasteiger partial charge in [0.25, 0.3) is 0 Å². The van der Waals surface area contributed by atoms with Gasteiger partial charge in [0.1, 0.15) is 5.15 Å². The highest BCUT2D eigenvalue weighted by Gasteiger charge is 2.28. The van der Waals surface area contributed by atoms with Crippen LogP contribution < -0.4 is 5.32 Å². The van der Waals surface area contributed by atoms with Crippen LogP contribution in [0.3, 0.4) is 0 Å². The molecular weight excluding hydrogens is 317 g/mol. The van der Waals surface area contributed by atoms with Gasteiger partial charge < -0.3 is 5.32 Å². The van der Waals surface area contributed by atoms with Gasteiger partial charge in [0.05, 0.1) is 10.0 Å². The molecule has 1 N–H and O–H groups in total. The van der Waals surface area contributed by atoms with Crippen LogP contribution in [0.25, 0.3) is 0 Å². The Morgan fingerprint density at radius 2 is 1.90 bits per heavy atom. The van der Waals surface area contributed by atoms with Crippen LogP contribution in [0.5, 0.6) is 0 Å². The molecule has 0 unspecified atom stereocenters. The summed E-state index contributed by atoms with van der Waals surface area (Å²) >= 11 is 18.8. The monoisotopic (exact) mass is 335 g/mol. The predicted molar refractivity (Wildman–Crippen MR) is 85.9 cm³/mol. The van der Waals surface area contributed by atoms with Crippen molar-refractivity contribution in [2.45, 2.75) is 26.3 Å². The van der Waals surface area contributed by atoms with E-state index in [2.05, 4.69) is 29.0 Å². The lowest BCUT2D eigenvalue weighted by molar-refractivity contribution is 0.154. The summed E-state index contributed by atoms with van der Waals surface area (Å²) in [4.78, 5) is 6.45. The summed E-state index contributed by atoms with van der Waals surface area (Å²) in [6, 6.07) is 0.192. The lowest BCUT2D eigenvalue weighted by Gasteiger charge is -2.37. The predicted octanol–water partition coefficient (Wildman–Crippen LogP) is 4.03. The maximum absolute atomic E-state index is 6.37. The molecule has 0 amide bonds. The number of hydrogen-bond acceptors (Lipinski definition) is 3. The van der Waals surface area contributed by atoms with Crippen molar-refractivity contribution < 1.29 is 0 Å². The molecule has 1 fully saturated rings. The normalized spacial score (nSPS) is 18.5. The van der Waals surface area contributed by atoms with Crippen molar-refractivity contribution >= 4 is 34.8 Å². The Morgan fingerprint density at radius 3 is 2.50 bits per heavy atom. The summed E-state index contributed by atoms with van der Waals surface area (Å²) < 4.78 is 0. The highest BCUT2D eigenvalue weighted by Crippen LogP contribution is 2.39. The molecule has 0 spiro atoms. The fourth-order valence-corrected chi connectivity index (χ4v) is 3.40. The molecule has 0 radical (unpaired) electrons. The van der Waals surface area contributed by atoms with E-state index in [4.69, 9.17) is 34.8 Å². The van der Waals surface area contributed by atoms with Crippen LogP contribution >= 0.6 is 34.8 Å². The van der Waals surface area contributed by atoms with Gasteiger partial charge in [0.2, 0.25) is 0 Å². The van der Waals surface area contributed by atoms with E-state index in [1.165, 1.54) is 0 Å². The molecule has 1 saturated heterocycles. The van der Waals surface area contributed by atoms with Crippen LogP contribution in [0.4, 0.5) is 0 Å². The van der Waals surface area contributed by atoms with E-state index in [0.29, 0.717) is 21.1 Å². The summed E-state index contributed by atoms with van der Waals surface area (Å²) in [5.41, 5.74) is 0.920. The summed E-state index contributed by atoms with van der Waals surface area (Å²) in [5.74, 6) is 0.550. The zero-order chi connectivity index (χ0) is 14.7. The minimum absolute atomic E-state index is 0.192. The van der Waals surface area contributed by atoms with Gasteiger partial charge in [-0.15, -0.1) is 0 Å². The molecule has 0 bridgehead atoms. The number of rotatable bonds is 4. The molecule has 2 rings (SSSR count). The van der Waals surface area contributed by atoms with Crippen LogP contribution in [0.2, 0.25) is 15.2 Å². The molecule has 20 heavy (non-hydrogen) atoms. The first-order valence-corrected chi connectivity index (χ1v) is 8.08. The van der Waals surface area contributed by atoms with E-state index < -0.39 is 0 Å². The Kier molecular flexibility index (Phi) is 5.94. The number of nitrogens with zero attached hydrogens (tertiary/aromatic N) is 2. The van der Waals surface area contributed by atoms with Crippen molar-refractivity contribution in [1.29, 1.82) is 0 Å². The van der Waals surface area contributed by atoms with Gasteiger partial charge in [-0.2, -0.15) is 0 Å². The summed E-state index contributed by atoms with van der Waals surface area (Å²) in [7, 11) is 0. The summed E-state index contributed by atoms with van der Waals surface area (Å²) in [6.45, 7) is 8.37. The van der Waals surface area contributed by atoms with Crippen LogP contribution in [0, 0.1) is 5.92 Å². The Labute approximate surface area is 135 Å². The maximum Gasteiger partial charge on any atom is 0.148 e. The van der Waals surface area contributed by atoms with Gasteiger partial charge >= 0.3 is 0 Å². The minimum atomic E-state index is 0.192. The molecular formula is C14H20Cl3N3. The molecule has 1 aromatic rings. The molecule has 2 heterocycles. The number of nitrogens with one attached hydrogen (secondary N) is 1. The Balaban J connectivity index is 2.37. The molecule has 0 aliphatic carbocycles. The third-order valence-electron chi connectivity index (χ3n) is 3.59. The average Bonchev–Trinajstić information content (AvgIpc) is 2.43. The van der Waals surface area contributed by atoms with Gasteiger partial charge in [-0.05, 0) is 12.3 Å². The lowest BCUT2D eigenvalue weighted by atomic mass is 9.95. The van der Waals surface area contributed by atoms with Crippen LogP contribution in [0.1, 0.15) is 31.9 Å². The SMILES string of the molecule is CC(C)C[C@@H](c1c(Cl)cnc(Cl)c1Cl)N1CCNCC1. The first kappa shape index (κ1) is 16.3. The topological polar surface area (TPSA) is 28.2 Å². The molecule has 112 valence electrons. The molecule has 1 aliphatic heterocycles. The largest absolute Gasteiger partial charge is 0.314 e. The summed E-state index contributed by atoms with van der Waals surface area (Å²) in [6.07, 6.45) is 2.60. The van der Waals surface area contributed by atoms with Gasteiger partial charge in [-0.3, -0.25) is 4.90 Å². The number of hydrogen-bond donors (Lipinski definition) is 1. The van der Waals surface area contributed by atoms with Gasteiger partial charge in [-0.1, -0.05) is 48.7 Å².